The molecule has 2 atom stereocenters. The maximum atomic E-state index is 13.6. The highest BCUT2D eigenvalue weighted by molar-refractivity contribution is 6.35. The van der Waals surface area contributed by atoms with Crippen molar-refractivity contribution >= 4 is 35.0 Å². The molecule has 4 nitrogen and oxygen atoms in total. The molecule has 0 spiro atoms. The lowest BCUT2D eigenvalue weighted by Crippen LogP contribution is -2.36. The molecule has 0 saturated heterocycles. The number of carbonyl (C=O) groups excluding carboxylic acids is 2. The van der Waals surface area contributed by atoms with Gasteiger partial charge >= 0.3 is 5.97 Å². The van der Waals surface area contributed by atoms with E-state index in [0.29, 0.717) is 51.9 Å². The normalized spacial score (nSPS) is 20.6. The molecule has 0 bridgehead atoms. The molecule has 4 rings (SSSR count). The van der Waals surface area contributed by atoms with Crippen LogP contribution in [-0.2, 0) is 14.3 Å². The molecule has 2 aromatic carbocycles. The number of dihydropyridines is 1. The van der Waals surface area contributed by atoms with E-state index in [9.17, 15) is 9.59 Å². The van der Waals surface area contributed by atoms with Gasteiger partial charge in [0.05, 0.1) is 12.2 Å². The van der Waals surface area contributed by atoms with Crippen LogP contribution in [0.2, 0.25) is 10.0 Å². The predicted molar refractivity (Wildman–Crippen MR) is 131 cm³/mol. The van der Waals surface area contributed by atoms with Crippen LogP contribution in [-0.4, -0.2) is 18.4 Å². The molecule has 2 aliphatic rings. The van der Waals surface area contributed by atoms with E-state index >= 15 is 0 Å². The van der Waals surface area contributed by atoms with Crippen molar-refractivity contribution in [3.63, 3.8) is 0 Å². The molecule has 2 aromatic rings. The van der Waals surface area contributed by atoms with E-state index in [1.54, 1.807) is 18.2 Å². The quantitative estimate of drug-likeness (QED) is 0.489. The Morgan fingerprint density at radius 3 is 2.52 bits per heavy atom. The second-order valence-electron chi connectivity index (χ2n) is 9.09. The molecular formula is C27H27Cl2NO3. The van der Waals surface area contributed by atoms with Crippen molar-refractivity contribution in [3.05, 3.63) is 92.2 Å². The van der Waals surface area contributed by atoms with Crippen molar-refractivity contribution in [3.8, 4) is 0 Å². The van der Waals surface area contributed by atoms with Gasteiger partial charge in [0.2, 0.25) is 0 Å². The second-order valence-corrected chi connectivity index (χ2v) is 9.93. The first-order valence-corrected chi connectivity index (χ1v) is 11.9. The minimum absolute atomic E-state index is 0.00952. The fourth-order valence-corrected chi connectivity index (χ4v) is 5.15. The SMILES string of the molecule is CC1=C(C(=O)OCC(C)C)[C@H](c2ccc(Cl)cc2Cl)C2=C(C[C@@H](c3ccccc3)CC2=O)N1. The fourth-order valence-electron chi connectivity index (χ4n) is 4.64. The van der Waals surface area contributed by atoms with Crippen LogP contribution in [0.25, 0.3) is 0 Å². The van der Waals surface area contributed by atoms with Crippen molar-refractivity contribution in [2.75, 3.05) is 6.61 Å². The summed E-state index contributed by atoms with van der Waals surface area (Å²) < 4.78 is 5.59. The first-order valence-electron chi connectivity index (χ1n) is 11.2. The lowest BCUT2D eigenvalue weighted by molar-refractivity contribution is -0.140. The van der Waals surface area contributed by atoms with E-state index in [-0.39, 0.29) is 17.6 Å². The monoisotopic (exact) mass is 483 g/mol. The summed E-state index contributed by atoms with van der Waals surface area (Å²) in [5.41, 5.74) is 4.34. The Morgan fingerprint density at radius 1 is 1.12 bits per heavy atom. The van der Waals surface area contributed by atoms with Crippen molar-refractivity contribution in [1.29, 1.82) is 0 Å². The summed E-state index contributed by atoms with van der Waals surface area (Å²) in [4.78, 5) is 26.8. The predicted octanol–water partition coefficient (Wildman–Crippen LogP) is 6.55. The van der Waals surface area contributed by atoms with E-state index in [4.69, 9.17) is 27.9 Å². The molecule has 0 saturated carbocycles. The van der Waals surface area contributed by atoms with E-state index in [1.807, 2.05) is 39.0 Å². The average molecular weight is 484 g/mol. The number of Topliss-reactive ketones (excluding diaryl/α,β-unsaturated/α-hetero) is 1. The van der Waals surface area contributed by atoms with E-state index in [2.05, 4.69) is 17.4 Å². The van der Waals surface area contributed by atoms with Crippen molar-refractivity contribution in [2.24, 2.45) is 5.92 Å². The smallest absolute Gasteiger partial charge is 0.336 e. The largest absolute Gasteiger partial charge is 0.462 e. The highest BCUT2D eigenvalue weighted by Crippen LogP contribution is 2.47. The topological polar surface area (TPSA) is 55.4 Å². The lowest BCUT2D eigenvalue weighted by Gasteiger charge is -2.37. The van der Waals surface area contributed by atoms with Crippen LogP contribution in [0.3, 0.4) is 0 Å². The maximum absolute atomic E-state index is 13.6. The molecule has 6 heteroatoms. The third-order valence-electron chi connectivity index (χ3n) is 6.14. The van der Waals surface area contributed by atoms with Gasteiger partial charge in [-0.15, -0.1) is 0 Å². The maximum Gasteiger partial charge on any atom is 0.336 e. The zero-order valence-electron chi connectivity index (χ0n) is 19.0. The number of ketones is 1. The molecule has 0 fully saturated rings. The first kappa shape index (κ1) is 23.6. The number of ether oxygens (including phenoxy) is 1. The van der Waals surface area contributed by atoms with Gasteiger partial charge < -0.3 is 10.1 Å². The first-order chi connectivity index (χ1) is 15.8. The van der Waals surface area contributed by atoms with Gasteiger partial charge in [0.1, 0.15) is 0 Å². The number of nitrogens with one attached hydrogen (secondary N) is 1. The number of carbonyl (C=O) groups is 2. The lowest BCUT2D eigenvalue weighted by atomic mass is 9.71. The van der Waals surface area contributed by atoms with Gasteiger partial charge in [-0.2, -0.15) is 0 Å². The van der Waals surface area contributed by atoms with Gasteiger partial charge in [0.25, 0.3) is 0 Å². The third-order valence-corrected chi connectivity index (χ3v) is 6.70. The molecular weight excluding hydrogens is 457 g/mol. The van der Waals surface area contributed by atoms with Crippen LogP contribution in [0.1, 0.15) is 56.6 Å². The molecule has 0 radical (unpaired) electrons. The molecule has 0 aromatic heterocycles. The number of hydrogen-bond donors (Lipinski definition) is 1. The summed E-state index contributed by atoms with van der Waals surface area (Å²) in [6.45, 7) is 6.11. The minimum atomic E-state index is -0.602. The molecule has 1 aliphatic heterocycles. The Bertz CT molecular complexity index is 1150. The Hall–Kier alpha value is -2.56. The van der Waals surface area contributed by atoms with Crippen LogP contribution in [0, 0.1) is 5.92 Å². The summed E-state index contributed by atoms with van der Waals surface area (Å²) in [6.07, 6.45) is 1.05. The highest BCUT2D eigenvalue weighted by atomic mass is 35.5. The molecule has 1 aliphatic carbocycles. The summed E-state index contributed by atoms with van der Waals surface area (Å²) in [5, 5.41) is 4.28. The Morgan fingerprint density at radius 2 is 1.85 bits per heavy atom. The van der Waals surface area contributed by atoms with Crippen molar-refractivity contribution in [1.82, 2.24) is 5.32 Å². The molecule has 1 heterocycles. The number of benzene rings is 2. The van der Waals surface area contributed by atoms with Gasteiger partial charge in [0, 0.05) is 39.4 Å². The molecule has 1 N–H and O–H groups in total. The van der Waals surface area contributed by atoms with Gasteiger partial charge in [-0.3, -0.25) is 4.79 Å². The Labute approximate surface area is 204 Å². The van der Waals surface area contributed by atoms with Crippen LogP contribution in [0.5, 0.6) is 0 Å². The highest BCUT2D eigenvalue weighted by Gasteiger charge is 2.42. The van der Waals surface area contributed by atoms with Crippen LogP contribution >= 0.6 is 23.2 Å². The van der Waals surface area contributed by atoms with E-state index in [1.165, 1.54) is 0 Å². The summed E-state index contributed by atoms with van der Waals surface area (Å²) in [6, 6.07) is 15.2. The number of halogens is 2. The van der Waals surface area contributed by atoms with E-state index < -0.39 is 11.9 Å². The van der Waals surface area contributed by atoms with Crippen LogP contribution < -0.4 is 5.32 Å². The third kappa shape index (κ3) is 4.87. The van der Waals surface area contributed by atoms with E-state index in [0.717, 1.165) is 11.3 Å². The zero-order valence-corrected chi connectivity index (χ0v) is 20.5. The van der Waals surface area contributed by atoms with Gasteiger partial charge in [-0.1, -0.05) is 73.4 Å². The summed E-state index contributed by atoms with van der Waals surface area (Å²) in [7, 11) is 0. The van der Waals surface area contributed by atoms with Gasteiger partial charge in [-0.25, -0.2) is 4.79 Å². The van der Waals surface area contributed by atoms with Crippen molar-refractivity contribution < 1.29 is 14.3 Å². The van der Waals surface area contributed by atoms with Crippen LogP contribution in [0.15, 0.2) is 71.1 Å². The number of hydrogen-bond acceptors (Lipinski definition) is 4. The Balaban J connectivity index is 1.80. The molecule has 0 unspecified atom stereocenters. The van der Waals surface area contributed by atoms with Crippen LogP contribution in [0.4, 0.5) is 0 Å². The standard InChI is InChI=1S/C27H27Cl2NO3/c1-15(2)14-33-27(32)24-16(3)30-22-11-18(17-7-5-4-6-8-17)12-23(31)26(22)25(24)20-10-9-19(28)13-21(20)29/h4-10,13,15,18,25,30H,11-12,14H2,1-3H3/t18-,25+/m1/s1. The summed E-state index contributed by atoms with van der Waals surface area (Å²) >= 11 is 12.7. The number of rotatable bonds is 5. The zero-order chi connectivity index (χ0) is 23.7. The number of allylic oxidation sites excluding steroid dienone is 3. The summed E-state index contributed by atoms with van der Waals surface area (Å²) in [5.74, 6) is -0.755. The van der Waals surface area contributed by atoms with Gasteiger partial charge in [0.15, 0.2) is 5.78 Å². The number of esters is 1. The molecule has 0 amide bonds. The molecule has 33 heavy (non-hydrogen) atoms. The molecule has 172 valence electrons. The minimum Gasteiger partial charge on any atom is -0.462 e. The van der Waals surface area contributed by atoms with Gasteiger partial charge in [-0.05, 0) is 48.4 Å². The fraction of sp³-hybridized carbons (Fsp3) is 0.333. The van der Waals surface area contributed by atoms with Crippen molar-refractivity contribution in [2.45, 2.75) is 45.4 Å². The Kier molecular flexibility index (Phi) is 6.96. The second kappa shape index (κ2) is 9.74. The average Bonchev–Trinajstić information content (AvgIpc) is 2.77.